The van der Waals surface area contributed by atoms with Crippen LogP contribution in [0.2, 0.25) is 0 Å². The van der Waals surface area contributed by atoms with Crippen molar-refractivity contribution in [3.63, 3.8) is 0 Å². The Morgan fingerprint density at radius 2 is 2.21 bits per heavy atom. The molecule has 8 heteroatoms. The molecule has 0 atom stereocenters. The maximum atomic E-state index is 12.2. The summed E-state index contributed by atoms with van der Waals surface area (Å²) in [5.41, 5.74) is 0.440. The average Bonchev–Trinajstić information content (AvgIpc) is 2.90. The van der Waals surface area contributed by atoms with E-state index in [-0.39, 0.29) is 18.1 Å². The third-order valence-corrected chi connectivity index (χ3v) is 2.26. The molecule has 0 unspecified atom stereocenters. The van der Waals surface area contributed by atoms with E-state index in [0.717, 1.165) is 0 Å². The van der Waals surface area contributed by atoms with Gasteiger partial charge in [0.05, 0.1) is 0 Å². The number of aromatic amines is 1. The first-order valence-corrected chi connectivity index (χ1v) is 5.33. The smallest absolute Gasteiger partial charge is 0.387 e. The Morgan fingerprint density at radius 3 is 2.89 bits per heavy atom. The van der Waals surface area contributed by atoms with Gasteiger partial charge in [-0.05, 0) is 6.07 Å². The zero-order valence-electron chi connectivity index (χ0n) is 9.64. The molecule has 1 amide bonds. The minimum atomic E-state index is -2.91. The van der Waals surface area contributed by atoms with Crippen molar-refractivity contribution in [3.8, 4) is 5.75 Å². The van der Waals surface area contributed by atoms with Crippen LogP contribution in [-0.4, -0.2) is 27.7 Å². The lowest BCUT2D eigenvalue weighted by Gasteiger charge is -2.10. The van der Waals surface area contributed by atoms with E-state index in [2.05, 4.69) is 25.2 Å². The molecule has 0 aliphatic heterocycles. The molecule has 0 saturated heterocycles. The molecule has 0 radical (unpaired) electrons. The Kier molecular flexibility index (Phi) is 4.01. The van der Waals surface area contributed by atoms with E-state index in [9.17, 15) is 13.6 Å². The van der Waals surface area contributed by atoms with Crippen molar-refractivity contribution in [2.45, 2.75) is 13.2 Å². The van der Waals surface area contributed by atoms with Crippen molar-refractivity contribution in [1.29, 1.82) is 0 Å². The number of benzene rings is 1. The summed E-state index contributed by atoms with van der Waals surface area (Å²) in [5.74, 6) is -0.410. The monoisotopic (exact) mass is 268 g/mol. The van der Waals surface area contributed by atoms with E-state index in [4.69, 9.17) is 0 Å². The number of nitrogens with one attached hydrogen (secondary N) is 2. The lowest BCUT2D eigenvalue weighted by atomic mass is 10.2. The molecule has 19 heavy (non-hydrogen) atoms. The molecule has 1 aromatic heterocycles. The fraction of sp³-hybridized carbons (Fsp3) is 0.182. The van der Waals surface area contributed by atoms with Gasteiger partial charge in [-0.15, -0.1) is 0 Å². The Bertz CT molecular complexity index is 545. The number of carbonyl (C=O) groups excluding carboxylic acids is 1. The Balaban J connectivity index is 2.01. The number of hydrogen-bond acceptors (Lipinski definition) is 4. The third-order valence-electron chi connectivity index (χ3n) is 2.26. The highest BCUT2D eigenvalue weighted by Crippen LogP contribution is 2.19. The van der Waals surface area contributed by atoms with Crippen molar-refractivity contribution in [1.82, 2.24) is 20.5 Å². The van der Waals surface area contributed by atoms with Gasteiger partial charge in [0.25, 0.3) is 5.91 Å². The molecular weight excluding hydrogens is 258 g/mol. The van der Waals surface area contributed by atoms with E-state index in [1.165, 1.54) is 12.4 Å². The maximum Gasteiger partial charge on any atom is 0.387 e. The Hall–Kier alpha value is -2.51. The minimum absolute atomic E-state index is 0.0235. The second-order valence-corrected chi connectivity index (χ2v) is 3.50. The summed E-state index contributed by atoms with van der Waals surface area (Å²) in [6.45, 7) is -2.87. The highest BCUT2D eigenvalue weighted by Gasteiger charge is 2.12. The number of H-pyrrole nitrogens is 1. The standard InChI is InChI=1S/C11H10F2N4O2/c12-11(13)19-8-4-2-1-3-7(8)5-14-10(18)9-15-6-16-17-9/h1-4,6,11H,5H2,(H,14,18)(H,15,16,17). The average molecular weight is 268 g/mol. The molecule has 0 spiro atoms. The van der Waals surface area contributed by atoms with Gasteiger partial charge in [-0.25, -0.2) is 4.98 Å². The summed E-state index contributed by atoms with van der Waals surface area (Å²) >= 11 is 0. The quantitative estimate of drug-likeness (QED) is 0.857. The number of hydrogen-bond donors (Lipinski definition) is 2. The van der Waals surface area contributed by atoms with Gasteiger partial charge >= 0.3 is 6.61 Å². The van der Waals surface area contributed by atoms with E-state index in [1.807, 2.05) is 0 Å². The highest BCUT2D eigenvalue weighted by atomic mass is 19.3. The number of carbonyl (C=O) groups is 1. The van der Waals surface area contributed by atoms with E-state index >= 15 is 0 Å². The molecule has 2 rings (SSSR count). The molecule has 100 valence electrons. The SMILES string of the molecule is O=C(NCc1ccccc1OC(F)F)c1ncn[nH]1. The summed E-state index contributed by atoms with van der Waals surface area (Å²) in [5, 5.41) is 8.45. The molecule has 0 aliphatic rings. The van der Waals surface area contributed by atoms with Gasteiger partial charge in [-0.2, -0.15) is 13.9 Å². The summed E-state index contributed by atoms with van der Waals surface area (Å²) < 4.78 is 28.7. The molecule has 0 bridgehead atoms. The molecule has 1 heterocycles. The van der Waals surface area contributed by atoms with Crippen molar-refractivity contribution < 1.29 is 18.3 Å². The second kappa shape index (κ2) is 5.89. The zero-order chi connectivity index (χ0) is 13.7. The van der Waals surface area contributed by atoms with Crippen LogP contribution >= 0.6 is 0 Å². The van der Waals surface area contributed by atoms with Gasteiger partial charge < -0.3 is 10.1 Å². The fourth-order valence-corrected chi connectivity index (χ4v) is 1.43. The van der Waals surface area contributed by atoms with Gasteiger partial charge in [-0.3, -0.25) is 9.89 Å². The van der Waals surface area contributed by atoms with Gasteiger partial charge in [-0.1, -0.05) is 18.2 Å². The summed E-state index contributed by atoms with van der Waals surface area (Å²) in [4.78, 5) is 15.2. The number of ether oxygens (including phenoxy) is 1. The van der Waals surface area contributed by atoms with Gasteiger partial charge in [0.1, 0.15) is 12.1 Å². The van der Waals surface area contributed by atoms with E-state index < -0.39 is 12.5 Å². The highest BCUT2D eigenvalue weighted by molar-refractivity contribution is 5.90. The van der Waals surface area contributed by atoms with Crippen molar-refractivity contribution in [2.24, 2.45) is 0 Å². The molecule has 1 aromatic carbocycles. The van der Waals surface area contributed by atoms with E-state index in [1.54, 1.807) is 18.2 Å². The molecule has 0 fully saturated rings. The van der Waals surface area contributed by atoms with Crippen LogP contribution in [-0.2, 0) is 6.54 Å². The summed E-state index contributed by atoms with van der Waals surface area (Å²) in [6.07, 6.45) is 1.20. The summed E-state index contributed by atoms with van der Waals surface area (Å²) in [6, 6.07) is 6.22. The predicted molar refractivity (Wildman–Crippen MR) is 60.6 cm³/mol. The summed E-state index contributed by atoms with van der Waals surface area (Å²) in [7, 11) is 0. The number of rotatable bonds is 5. The largest absolute Gasteiger partial charge is 0.434 e. The number of amides is 1. The van der Waals surface area contributed by atoms with Crippen LogP contribution in [0.1, 0.15) is 16.2 Å². The second-order valence-electron chi connectivity index (χ2n) is 3.50. The molecule has 0 aliphatic carbocycles. The lowest BCUT2D eigenvalue weighted by Crippen LogP contribution is -2.24. The number of aromatic nitrogens is 3. The van der Waals surface area contributed by atoms with Crippen molar-refractivity contribution in [3.05, 3.63) is 42.0 Å². The van der Waals surface area contributed by atoms with Crippen LogP contribution in [0, 0.1) is 0 Å². The van der Waals surface area contributed by atoms with Crippen LogP contribution in [0.3, 0.4) is 0 Å². The first-order valence-electron chi connectivity index (χ1n) is 5.33. The Morgan fingerprint density at radius 1 is 1.42 bits per heavy atom. The molecule has 0 saturated carbocycles. The third kappa shape index (κ3) is 3.47. The van der Waals surface area contributed by atoms with Crippen molar-refractivity contribution in [2.75, 3.05) is 0 Å². The lowest BCUT2D eigenvalue weighted by molar-refractivity contribution is -0.0504. The topological polar surface area (TPSA) is 79.9 Å². The van der Waals surface area contributed by atoms with Crippen molar-refractivity contribution >= 4 is 5.91 Å². The minimum Gasteiger partial charge on any atom is -0.434 e. The number of alkyl halides is 2. The fourth-order valence-electron chi connectivity index (χ4n) is 1.43. The van der Waals surface area contributed by atoms with Gasteiger partial charge in [0.15, 0.2) is 0 Å². The molecular formula is C11H10F2N4O2. The van der Waals surface area contributed by atoms with Crippen LogP contribution in [0.15, 0.2) is 30.6 Å². The molecule has 2 N–H and O–H groups in total. The first-order chi connectivity index (χ1) is 9.16. The van der Waals surface area contributed by atoms with E-state index in [0.29, 0.717) is 5.56 Å². The molecule has 6 nitrogen and oxygen atoms in total. The van der Waals surface area contributed by atoms with Gasteiger partial charge in [0, 0.05) is 12.1 Å². The Labute approximate surface area is 106 Å². The predicted octanol–water partition coefficient (Wildman–Crippen LogP) is 1.34. The van der Waals surface area contributed by atoms with Crippen LogP contribution in [0.4, 0.5) is 8.78 Å². The molecule has 2 aromatic rings. The normalized spacial score (nSPS) is 10.5. The number of nitrogens with zero attached hydrogens (tertiary/aromatic N) is 2. The van der Waals surface area contributed by atoms with Crippen LogP contribution in [0.25, 0.3) is 0 Å². The number of halogens is 2. The van der Waals surface area contributed by atoms with Gasteiger partial charge in [0.2, 0.25) is 5.82 Å². The first kappa shape index (κ1) is 12.9. The zero-order valence-corrected chi connectivity index (χ0v) is 9.64. The number of para-hydroxylation sites is 1. The van der Waals surface area contributed by atoms with Crippen LogP contribution in [0.5, 0.6) is 5.75 Å². The maximum absolute atomic E-state index is 12.2. The van der Waals surface area contributed by atoms with Crippen LogP contribution < -0.4 is 10.1 Å².